The first kappa shape index (κ1) is 28.5. The molecule has 2 heterocycles. The van der Waals surface area contributed by atoms with E-state index in [1.807, 2.05) is 11.8 Å². The Morgan fingerprint density at radius 1 is 1.05 bits per heavy atom. The fraction of sp³-hybridized carbons (Fsp3) is 0.276. The number of thioether (sulfide) groups is 1. The number of para-hydroxylation sites is 3. The van der Waals surface area contributed by atoms with Crippen molar-refractivity contribution in [2.24, 2.45) is 0 Å². The number of aromatic nitrogens is 2. The molecular weight excluding hydrogens is 557 g/mol. The molecule has 0 saturated carbocycles. The van der Waals surface area contributed by atoms with Gasteiger partial charge in [0.1, 0.15) is 5.75 Å². The molecule has 3 aromatic carbocycles. The van der Waals surface area contributed by atoms with E-state index < -0.39 is 17.6 Å². The molecule has 0 radical (unpaired) electrons. The van der Waals surface area contributed by atoms with Gasteiger partial charge >= 0.3 is 6.18 Å². The highest BCUT2D eigenvalue weighted by atomic mass is 32.2. The number of amides is 1. The topological polar surface area (TPSA) is 85.7 Å². The Hall–Kier alpha value is -4.03. The molecule has 1 amide bonds. The molecule has 4 aromatic rings. The molecular formula is C29H27F3N4O4S. The van der Waals surface area contributed by atoms with Crippen molar-refractivity contribution in [3.05, 3.63) is 82.6 Å². The number of rotatable bonds is 8. The van der Waals surface area contributed by atoms with Gasteiger partial charge in [0, 0.05) is 13.1 Å². The van der Waals surface area contributed by atoms with Crippen molar-refractivity contribution in [1.29, 1.82) is 0 Å². The first-order valence-electron chi connectivity index (χ1n) is 13.0. The van der Waals surface area contributed by atoms with E-state index in [2.05, 4.69) is 10.3 Å². The standard InChI is InChI=1S/C29H27F3N4O4S/c1-2-40-25-10-6-5-9-24(25)36-27(38)20-7-3-4-8-21(20)34-28(36)41-18-26(37)33-22-17-19(29(30,31)32)11-12-23(22)35-13-15-39-16-14-35/h3-12,17H,2,13-16,18H2,1H3,(H,33,37). The van der Waals surface area contributed by atoms with Crippen LogP contribution in [0.5, 0.6) is 5.75 Å². The van der Waals surface area contributed by atoms with Crippen LogP contribution in [0.15, 0.2) is 76.7 Å². The van der Waals surface area contributed by atoms with Crippen LogP contribution in [0.25, 0.3) is 16.6 Å². The fourth-order valence-corrected chi connectivity index (χ4v) is 5.36. The SMILES string of the molecule is CCOc1ccccc1-n1c(SCC(=O)Nc2cc(C(F)(F)F)ccc2N2CCOCC2)nc2ccccc2c1=O. The maximum atomic E-state index is 13.6. The monoisotopic (exact) mass is 584 g/mol. The number of morpholine rings is 1. The van der Waals surface area contributed by atoms with Gasteiger partial charge in [0.2, 0.25) is 5.91 Å². The highest BCUT2D eigenvalue weighted by Gasteiger charge is 2.32. The van der Waals surface area contributed by atoms with Crippen LogP contribution in [0.4, 0.5) is 24.5 Å². The second kappa shape index (κ2) is 12.2. The van der Waals surface area contributed by atoms with E-state index >= 15 is 0 Å². The number of alkyl halides is 3. The molecule has 1 aliphatic rings. The summed E-state index contributed by atoms with van der Waals surface area (Å²) in [4.78, 5) is 33.3. The number of hydrogen-bond donors (Lipinski definition) is 1. The van der Waals surface area contributed by atoms with Crippen LogP contribution >= 0.6 is 11.8 Å². The minimum absolute atomic E-state index is 0.0536. The van der Waals surface area contributed by atoms with E-state index in [0.29, 0.717) is 60.9 Å². The summed E-state index contributed by atoms with van der Waals surface area (Å²) in [5.74, 6) is -0.282. The molecule has 1 fully saturated rings. The molecule has 0 bridgehead atoms. The molecule has 41 heavy (non-hydrogen) atoms. The lowest BCUT2D eigenvalue weighted by Crippen LogP contribution is -2.37. The van der Waals surface area contributed by atoms with Crippen molar-refractivity contribution < 1.29 is 27.4 Å². The summed E-state index contributed by atoms with van der Waals surface area (Å²) in [6, 6.07) is 17.2. The van der Waals surface area contributed by atoms with Gasteiger partial charge in [-0.15, -0.1) is 0 Å². The van der Waals surface area contributed by atoms with Gasteiger partial charge in [0.25, 0.3) is 5.56 Å². The maximum Gasteiger partial charge on any atom is 0.416 e. The summed E-state index contributed by atoms with van der Waals surface area (Å²) in [7, 11) is 0. The molecule has 214 valence electrons. The third kappa shape index (κ3) is 6.33. The molecule has 0 aliphatic carbocycles. The van der Waals surface area contributed by atoms with E-state index in [0.717, 1.165) is 23.9 Å². The third-order valence-electron chi connectivity index (χ3n) is 6.43. The zero-order chi connectivity index (χ0) is 29.0. The lowest BCUT2D eigenvalue weighted by molar-refractivity contribution is -0.137. The van der Waals surface area contributed by atoms with E-state index in [4.69, 9.17) is 9.47 Å². The molecule has 12 heteroatoms. The van der Waals surface area contributed by atoms with Crippen molar-refractivity contribution in [2.75, 3.05) is 48.9 Å². The van der Waals surface area contributed by atoms with E-state index in [-0.39, 0.29) is 22.2 Å². The van der Waals surface area contributed by atoms with E-state index in [1.54, 1.807) is 48.5 Å². The van der Waals surface area contributed by atoms with E-state index in [9.17, 15) is 22.8 Å². The normalized spacial score (nSPS) is 13.8. The summed E-state index contributed by atoms with van der Waals surface area (Å²) in [5, 5.41) is 3.29. The van der Waals surface area contributed by atoms with Crippen LogP contribution in [0.3, 0.4) is 0 Å². The van der Waals surface area contributed by atoms with Crippen molar-refractivity contribution in [1.82, 2.24) is 9.55 Å². The highest BCUT2D eigenvalue weighted by Crippen LogP contribution is 2.36. The zero-order valence-corrected chi connectivity index (χ0v) is 22.9. The number of ether oxygens (including phenoxy) is 2. The average Bonchev–Trinajstić information content (AvgIpc) is 2.97. The van der Waals surface area contributed by atoms with Gasteiger partial charge in [-0.05, 0) is 49.4 Å². The number of nitrogens with one attached hydrogen (secondary N) is 1. The van der Waals surface area contributed by atoms with Crippen LogP contribution < -0.4 is 20.5 Å². The van der Waals surface area contributed by atoms with Gasteiger partial charge in [-0.3, -0.25) is 14.2 Å². The van der Waals surface area contributed by atoms with Gasteiger partial charge < -0.3 is 19.7 Å². The largest absolute Gasteiger partial charge is 0.492 e. The quantitative estimate of drug-likeness (QED) is 0.220. The van der Waals surface area contributed by atoms with Crippen LogP contribution in [0, 0.1) is 0 Å². The number of halogens is 3. The van der Waals surface area contributed by atoms with Crippen LogP contribution in [-0.4, -0.2) is 54.1 Å². The molecule has 0 unspecified atom stereocenters. The number of anilines is 2. The number of carbonyl (C=O) groups excluding carboxylic acids is 1. The molecule has 8 nitrogen and oxygen atoms in total. The number of hydrogen-bond acceptors (Lipinski definition) is 7. The van der Waals surface area contributed by atoms with Gasteiger partial charge in [0.05, 0.1) is 59.1 Å². The maximum absolute atomic E-state index is 13.6. The van der Waals surface area contributed by atoms with Crippen molar-refractivity contribution >= 4 is 39.9 Å². The van der Waals surface area contributed by atoms with Crippen LogP contribution in [0.1, 0.15) is 12.5 Å². The molecule has 1 aliphatic heterocycles. The second-order valence-electron chi connectivity index (χ2n) is 9.12. The van der Waals surface area contributed by atoms with Crippen molar-refractivity contribution in [3.63, 3.8) is 0 Å². The summed E-state index contributed by atoms with van der Waals surface area (Å²) in [6.45, 7) is 4.03. The summed E-state index contributed by atoms with van der Waals surface area (Å²) >= 11 is 1.00. The molecule has 0 spiro atoms. The second-order valence-corrected chi connectivity index (χ2v) is 10.1. The van der Waals surface area contributed by atoms with Crippen molar-refractivity contribution in [3.8, 4) is 11.4 Å². The predicted molar refractivity (Wildman–Crippen MR) is 152 cm³/mol. The Labute approximate surface area is 238 Å². The Bertz CT molecular complexity index is 1620. The van der Waals surface area contributed by atoms with Gasteiger partial charge in [0.15, 0.2) is 5.16 Å². The Balaban J connectivity index is 1.47. The van der Waals surface area contributed by atoms with Gasteiger partial charge in [-0.1, -0.05) is 36.0 Å². The number of carbonyl (C=O) groups is 1. The summed E-state index contributed by atoms with van der Waals surface area (Å²) in [5.41, 5.74) is 0.253. The summed E-state index contributed by atoms with van der Waals surface area (Å²) in [6.07, 6.45) is -4.57. The predicted octanol–water partition coefficient (Wildman–Crippen LogP) is 5.37. The first-order valence-corrected chi connectivity index (χ1v) is 14.0. The number of fused-ring (bicyclic) bond motifs is 1. The lowest BCUT2D eigenvalue weighted by atomic mass is 10.1. The molecule has 5 rings (SSSR count). The van der Waals surface area contributed by atoms with E-state index in [1.165, 1.54) is 10.6 Å². The highest BCUT2D eigenvalue weighted by molar-refractivity contribution is 7.99. The minimum Gasteiger partial charge on any atom is -0.492 e. The third-order valence-corrected chi connectivity index (χ3v) is 7.37. The van der Waals surface area contributed by atoms with Crippen molar-refractivity contribution in [2.45, 2.75) is 18.3 Å². The molecule has 1 aromatic heterocycles. The Kier molecular flexibility index (Phi) is 8.50. The minimum atomic E-state index is -4.57. The number of benzene rings is 3. The van der Waals surface area contributed by atoms with Gasteiger partial charge in [-0.2, -0.15) is 13.2 Å². The average molecular weight is 585 g/mol. The lowest BCUT2D eigenvalue weighted by Gasteiger charge is -2.31. The molecule has 1 N–H and O–H groups in total. The van der Waals surface area contributed by atoms with Crippen LogP contribution in [0.2, 0.25) is 0 Å². The number of nitrogens with zero attached hydrogens (tertiary/aromatic N) is 3. The molecule has 1 saturated heterocycles. The first-order chi connectivity index (χ1) is 19.8. The molecule has 0 atom stereocenters. The zero-order valence-electron chi connectivity index (χ0n) is 22.1. The van der Waals surface area contributed by atoms with Gasteiger partial charge in [-0.25, -0.2) is 4.98 Å². The Morgan fingerprint density at radius 3 is 2.54 bits per heavy atom. The van der Waals surface area contributed by atoms with Crippen LogP contribution in [-0.2, 0) is 15.7 Å². The fourth-order valence-electron chi connectivity index (χ4n) is 4.55. The smallest absolute Gasteiger partial charge is 0.416 e. The summed E-state index contributed by atoms with van der Waals surface area (Å²) < 4.78 is 53.0. The Morgan fingerprint density at radius 2 is 1.78 bits per heavy atom.